The maximum atomic E-state index is 7.75. The predicted molar refractivity (Wildman–Crippen MR) is 30.0 cm³/mol. The third-order valence-electron chi connectivity index (χ3n) is 0.483. The summed E-state index contributed by atoms with van der Waals surface area (Å²) in [6.45, 7) is 0.472. The van der Waals surface area contributed by atoms with Gasteiger partial charge in [0.15, 0.2) is 0 Å². The normalized spacial score (nSPS) is 14.6. The summed E-state index contributed by atoms with van der Waals surface area (Å²) < 4.78 is 0. The SMILES string of the molecule is C1CC1.NCCO. The lowest BCUT2D eigenvalue weighted by atomic mass is 10.8. The first-order valence-corrected chi connectivity index (χ1v) is 2.72. The summed E-state index contributed by atoms with van der Waals surface area (Å²) in [4.78, 5) is 0. The number of aliphatic hydroxyl groups excluding tert-OH is 1. The highest BCUT2D eigenvalue weighted by Crippen LogP contribution is 2.14. The lowest BCUT2D eigenvalue weighted by Gasteiger charge is -1.71. The van der Waals surface area contributed by atoms with Crippen LogP contribution in [0.1, 0.15) is 19.3 Å². The molecule has 0 atom stereocenters. The Bertz CT molecular complexity index is 24.5. The molecule has 0 aromatic carbocycles. The number of hydrogen-bond donors (Lipinski definition) is 2. The predicted octanol–water partition coefficient (Wildman–Crippen LogP) is 0.108. The van der Waals surface area contributed by atoms with Crippen molar-refractivity contribution in [3.8, 4) is 0 Å². The zero-order valence-electron chi connectivity index (χ0n) is 4.56. The van der Waals surface area contributed by atoms with Gasteiger partial charge in [-0.1, -0.05) is 19.3 Å². The van der Waals surface area contributed by atoms with Gasteiger partial charge < -0.3 is 10.8 Å². The molecule has 0 spiro atoms. The topological polar surface area (TPSA) is 46.2 Å². The second-order valence-electron chi connectivity index (χ2n) is 1.57. The highest BCUT2D eigenvalue weighted by molar-refractivity contribution is 4.50. The third kappa shape index (κ3) is 24.7. The summed E-state index contributed by atoms with van der Waals surface area (Å²) in [6, 6.07) is 0. The second kappa shape index (κ2) is 5.92. The summed E-state index contributed by atoms with van der Waals surface area (Å²) in [5.41, 5.74) is 4.78. The van der Waals surface area contributed by atoms with E-state index < -0.39 is 0 Å². The molecular weight excluding hydrogens is 90.1 g/mol. The second-order valence-corrected chi connectivity index (χ2v) is 1.57. The molecule has 0 bridgehead atoms. The number of aliphatic hydroxyl groups is 1. The Labute approximate surface area is 44.3 Å². The van der Waals surface area contributed by atoms with Crippen molar-refractivity contribution in [3.63, 3.8) is 0 Å². The minimum atomic E-state index is 0.0972. The van der Waals surface area contributed by atoms with Gasteiger partial charge in [0.05, 0.1) is 6.61 Å². The molecule has 3 N–H and O–H groups in total. The molecule has 7 heavy (non-hydrogen) atoms. The smallest absolute Gasteiger partial charge is 0.0553 e. The highest BCUT2D eigenvalue weighted by atomic mass is 16.3. The molecule has 0 heterocycles. The molecule has 0 aromatic heterocycles. The first-order chi connectivity index (χ1) is 3.41. The van der Waals surface area contributed by atoms with Crippen LogP contribution in [0.5, 0.6) is 0 Å². The molecule has 44 valence electrons. The van der Waals surface area contributed by atoms with Gasteiger partial charge in [-0.3, -0.25) is 0 Å². The minimum absolute atomic E-state index is 0.0972. The highest BCUT2D eigenvalue weighted by Gasteiger charge is 1.95. The average molecular weight is 103 g/mol. The first-order valence-electron chi connectivity index (χ1n) is 2.72. The van der Waals surface area contributed by atoms with Gasteiger partial charge >= 0.3 is 0 Å². The van der Waals surface area contributed by atoms with Crippen LogP contribution in [-0.4, -0.2) is 18.3 Å². The average Bonchev–Trinajstić information content (AvgIpc) is 2.47. The Morgan fingerprint density at radius 2 is 1.57 bits per heavy atom. The summed E-state index contributed by atoms with van der Waals surface area (Å²) in [7, 11) is 0. The van der Waals surface area contributed by atoms with Crippen LogP contribution >= 0.6 is 0 Å². The van der Waals surface area contributed by atoms with Crippen molar-refractivity contribution in [1.82, 2.24) is 0 Å². The van der Waals surface area contributed by atoms with E-state index in [2.05, 4.69) is 0 Å². The molecule has 2 nitrogen and oxygen atoms in total. The van der Waals surface area contributed by atoms with Crippen LogP contribution in [0.15, 0.2) is 0 Å². The van der Waals surface area contributed by atoms with Gasteiger partial charge in [0.2, 0.25) is 0 Å². The molecule has 0 aliphatic heterocycles. The van der Waals surface area contributed by atoms with E-state index in [-0.39, 0.29) is 6.61 Å². The van der Waals surface area contributed by atoms with E-state index in [0.29, 0.717) is 6.54 Å². The molecule has 0 unspecified atom stereocenters. The molecule has 1 aliphatic carbocycles. The Morgan fingerprint density at radius 1 is 1.29 bits per heavy atom. The van der Waals surface area contributed by atoms with Crippen molar-refractivity contribution < 1.29 is 5.11 Å². The molecule has 1 fully saturated rings. The fraction of sp³-hybridized carbons (Fsp3) is 1.00. The van der Waals surface area contributed by atoms with Crippen molar-refractivity contribution in [2.24, 2.45) is 5.73 Å². The van der Waals surface area contributed by atoms with Crippen LogP contribution < -0.4 is 5.73 Å². The summed E-state index contributed by atoms with van der Waals surface area (Å²) in [5, 5.41) is 7.75. The Balaban J connectivity index is 0.000000105. The van der Waals surface area contributed by atoms with Gasteiger partial charge in [-0.05, 0) is 0 Å². The fourth-order valence-electron chi connectivity index (χ4n) is 0. The van der Waals surface area contributed by atoms with E-state index in [4.69, 9.17) is 10.8 Å². The van der Waals surface area contributed by atoms with Crippen LogP contribution in [0.25, 0.3) is 0 Å². The monoisotopic (exact) mass is 103 g/mol. The van der Waals surface area contributed by atoms with Gasteiger partial charge in [-0.2, -0.15) is 0 Å². The van der Waals surface area contributed by atoms with Crippen LogP contribution in [0, 0.1) is 0 Å². The number of hydrogen-bond acceptors (Lipinski definition) is 2. The van der Waals surface area contributed by atoms with Crippen molar-refractivity contribution in [2.45, 2.75) is 19.3 Å². The zero-order valence-corrected chi connectivity index (χ0v) is 4.56. The molecule has 1 rings (SSSR count). The molecule has 1 aliphatic rings. The van der Waals surface area contributed by atoms with Crippen molar-refractivity contribution in [3.05, 3.63) is 0 Å². The first kappa shape index (κ1) is 6.92. The lowest BCUT2D eigenvalue weighted by Crippen LogP contribution is -2.02. The largest absolute Gasteiger partial charge is 0.395 e. The summed E-state index contributed by atoms with van der Waals surface area (Å²) in [6.07, 6.45) is 4.50. The van der Waals surface area contributed by atoms with E-state index in [1.165, 1.54) is 19.3 Å². The van der Waals surface area contributed by atoms with E-state index in [1.54, 1.807) is 0 Å². The molecule has 0 amide bonds. The van der Waals surface area contributed by atoms with E-state index in [1.807, 2.05) is 0 Å². The molecule has 0 aromatic rings. The van der Waals surface area contributed by atoms with Crippen LogP contribution in [0.2, 0.25) is 0 Å². The quantitative estimate of drug-likeness (QED) is 0.494. The summed E-state index contributed by atoms with van der Waals surface area (Å²) >= 11 is 0. The third-order valence-corrected chi connectivity index (χ3v) is 0.483. The van der Waals surface area contributed by atoms with Crippen molar-refractivity contribution in [2.75, 3.05) is 13.2 Å². The Kier molecular flexibility index (Phi) is 5.85. The van der Waals surface area contributed by atoms with Gasteiger partial charge in [0.1, 0.15) is 0 Å². The van der Waals surface area contributed by atoms with Crippen molar-refractivity contribution in [1.29, 1.82) is 0 Å². The molecule has 1 saturated carbocycles. The Morgan fingerprint density at radius 3 is 1.57 bits per heavy atom. The maximum Gasteiger partial charge on any atom is 0.0553 e. The standard InChI is InChI=1S/C3H6.C2H7NO/c1-2-3-1;3-1-2-4/h1-3H2;4H,1-3H2. The van der Waals surface area contributed by atoms with Gasteiger partial charge in [0, 0.05) is 6.54 Å². The van der Waals surface area contributed by atoms with Gasteiger partial charge in [-0.25, -0.2) is 0 Å². The molecule has 2 heteroatoms. The molecule has 0 saturated heterocycles. The minimum Gasteiger partial charge on any atom is -0.395 e. The van der Waals surface area contributed by atoms with Crippen LogP contribution in [-0.2, 0) is 0 Å². The van der Waals surface area contributed by atoms with Crippen LogP contribution in [0.3, 0.4) is 0 Å². The number of nitrogens with two attached hydrogens (primary N) is 1. The van der Waals surface area contributed by atoms with Gasteiger partial charge in [0.25, 0.3) is 0 Å². The van der Waals surface area contributed by atoms with Crippen molar-refractivity contribution >= 4 is 0 Å². The molecular formula is C5H13NO. The van der Waals surface area contributed by atoms with Gasteiger partial charge in [-0.15, -0.1) is 0 Å². The van der Waals surface area contributed by atoms with E-state index in [0.717, 1.165) is 0 Å². The zero-order chi connectivity index (χ0) is 5.54. The molecule has 0 radical (unpaired) electrons. The maximum absolute atomic E-state index is 7.75. The summed E-state index contributed by atoms with van der Waals surface area (Å²) in [5.74, 6) is 0. The van der Waals surface area contributed by atoms with Crippen LogP contribution in [0.4, 0.5) is 0 Å². The van der Waals surface area contributed by atoms with E-state index in [9.17, 15) is 0 Å². The number of rotatable bonds is 1. The Hall–Kier alpha value is -0.0800. The lowest BCUT2D eigenvalue weighted by molar-refractivity contribution is 0.306. The van der Waals surface area contributed by atoms with E-state index >= 15 is 0 Å². The fourth-order valence-corrected chi connectivity index (χ4v) is 0.